The zero-order valence-electron chi connectivity index (χ0n) is 10.5. The van der Waals surface area contributed by atoms with Gasteiger partial charge in [-0.15, -0.1) is 0 Å². The standard InChI is InChI=1S/C13H21N3/c1-4-12-8-13(16-10(3)15-12)14-9(2)11-6-5-7-11/h8-9,11H,4-7H2,1-3H3,(H,14,15,16). The van der Waals surface area contributed by atoms with Crippen molar-refractivity contribution >= 4 is 5.82 Å². The van der Waals surface area contributed by atoms with E-state index in [0.717, 1.165) is 29.7 Å². The summed E-state index contributed by atoms with van der Waals surface area (Å²) in [4.78, 5) is 8.83. The van der Waals surface area contributed by atoms with E-state index < -0.39 is 0 Å². The zero-order valence-corrected chi connectivity index (χ0v) is 10.5. The molecule has 0 radical (unpaired) electrons. The minimum atomic E-state index is 0.535. The first-order valence-electron chi connectivity index (χ1n) is 6.30. The summed E-state index contributed by atoms with van der Waals surface area (Å²) in [5.41, 5.74) is 1.12. The molecule has 0 bridgehead atoms. The summed E-state index contributed by atoms with van der Waals surface area (Å²) in [6.45, 7) is 6.34. The van der Waals surface area contributed by atoms with Crippen LogP contribution >= 0.6 is 0 Å². The second-order valence-electron chi connectivity index (χ2n) is 4.77. The topological polar surface area (TPSA) is 37.8 Å². The van der Waals surface area contributed by atoms with Crippen molar-refractivity contribution in [1.29, 1.82) is 0 Å². The van der Waals surface area contributed by atoms with Gasteiger partial charge >= 0.3 is 0 Å². The van der Waals surface area contributed by atoms with Crippen molar-refractivity contribution in [2.45, 2.75) is 52.5 Å². The molecule has 0 aliphatic heterocycles. The Labute approximate surface area is 97.7 Å². The number of anilines is 1. The minimum Gasteiger partial charge on any atom is -0.367 e. The molecule has 2 rings (SSSR count). The molecule has 88 valence electrons. The minimum absolute atomic E-state index is 0.535. The van der Waals surface area contributed by atoms with Gasteiger partial charge in [0.1, 0.15) is 11.6 Å². The molecule has 1 aliphatic carbocycles. The molecular formula is C13H21N3. The van der Waals surface area contributed by atoms with Crippen LogP contribution in [-0.2, 0) is 6.42 Å². The SMILES string of the molecule is CCc1cc(NC(C)C2CCC2)nc(C)n1. The first-order chi connectivity index (χ1) is 7.69. The number of nitrogens with one attached hydrogen (secondary N) is 1. The third kappa shape index (κ3) is 2.52. The molecule has 1 heterocycles. The fourth-order valence-corrected chi connectivity index (χ4v) is 2.18. The molecule has 0 aromatic carbocycles. The van der Waals surface area contributed by atoms with Gasteiger partial charge in [-0.3, -0.25) is 0 Å². The van der Waals surface area contributed by atoms with Crippen molar-refractivity contribution in [1.82, 2.24) is 9.97 Å². The van der Waals surface area contributed by atoms with E-state index in [9.17, 15) is 0 Å². The Morgan fingerprint density at radius 1 is 1.44 bits per heavy atom. The van der Waals surface area contributed by atoms with Crippen LogP contribution in [0.4, 0.5) is 5.82 Å². The summed E-state index contributed by atoms with van der Waals surface area (Å²) < 4.78 is 0. The van der Waals surface area contributed by atoms with Crippen molar-refractivity contribution < 1.29 is 0 Å². The van der Waals surface area contributed by atoms with Crippen LogP contribution in [0.2, 0.25) is 0 Å². The molecule has 1 saturated carbocycles. The Kier molecular flexibility index (Phi) is 3.42. The highest BCUT2D eigenvalue weighted by molar-refractivity contribution is 5.37. The summed E-state index contributed by atoms with van der Waals surface area (Å²) in [7, 11) is 0. The van der Waals surface area contributed by atoms with Gasteiger partial charge < -0.3 is 5.32 Å². The van der Waals surface area contributed by atoms with E-state index in [2.05, 4.69) is 35.2 Å². The van der Waals surface area contributed by atoms with E-state index in [-0.39, 0.29) is 0 Å². The van der Waals surface area contributed by atoms with Gasteiger partial charge in [0.15, 0.2) is 0 Å². The molecule has 1 atom stereocenters. The Morgan fingerprint density at radius 2 is 2.19 bits per heavy atom. The normalized spacial score (nSPS) is 17.9. The van der Waals surface area contributed by atoms with Gasteiger partial charge in [0.2, 0.25) is 0 Å². The van der Waals surface area contributed by atoms with Crippen LogP contribution in [0.25, 0.3) is 0 Å². The molecule has 1 unspecified atom stereocenters. The Hall–Kier alpha value is -1.12. The van der Waals surface area contributed by atoms with E-state index in [1.54, 1.807) is 0 Å². The highest BCUT2D eigenvalue weighted by Crippen LogP contribution is 2.30. The fourth-order valence-electron chi connectivity index (χ4n) is 2.18. The first-order valence-corrected chi connectivity index (χ1v) is 6.30. The molecular weight excluding hydrogens is 198 g/mol. The van der Waals surface area contributed by atoms with Crippen molar-refractivity contribution in [3.63, 3.8) is 0 Å². The third-order valence-electron chi connectivity index (χ3n) is 3.49. The van der Waals surface area contributed by atoms with Crippen molar-refractivity contribution in [2.75, 3.05) is 5.32 Å². The second-order valence-corrected chi connectivity index (χ2v) is 4.77. The highest BCUT2D eigenvalue weighted by Gasteiger charge is 2.23. The monoisotopic (exact) mass is 219 g/mol. The molecule has 3 heteroatoms. The molecule has 16 heavy (non-hydrogen) atoms. The lowest BCUT2D eigenvalue weighted by molar-refractivity contribution is 0.285. The number of rotatable bonds is 4. The van der Waals surface area contributed by atoms with E-state index >= 15 is 0 Å². The molecule has 1 fully saturated rings. The predicted molar refractivity (Wildman–Crippen MR) is 66.6 cm³/mol. The second kappa shape index (κ2) is 4.81. The maximum Gasteiger partial charge on any atom is 0.130 e. The first kappa shape index (κ1) is 11.4. The number of aryl methyl sites for hydroxylation is 2. The predicted octanol–water partition coefficient (Wildman–Crippen LogP) is 2.95. The van der Waals surface area contributed by atoms with Crippen molar-refractivity contribution in [3.8, 4) is 0 Å². The van der Waals surface area contributed by atoms with Crippen LogP contribution in [0.1, 0.15) is 44.6 Å². The van der Waals surface area contributed by atoms with Gasteiger partial charge in [0.25, 0.3) is 0 Å². The molecule has 1 N–H and O–H groups in total. The van der Waals surface area contributed by atoms with Crippen molar-refractivity contribution in [2.24, 2.45) is 5.92 Å². The van der Waals surface area contributed by atoms with Gasteiger partial charge in [-0.1, -0.05) is 13.3 Å². The lowest BCUT2D eigenvalue weighted by Crippen LogP contribution is -2.31. The molecule has 0 spiro atoms. The summed E-state index contributed by atoms with van der Waals surface area (Å²) in [6.07, 6.45) is 5.08. The zero-order chi connectivity index (χ0) is 11.5. The van der Waals surface area contributed by atoms with Crippen LogP contribution < -0.4 is 5.32 Å². The Balaban J connectivity index is 2.04. The summed E-state index contributed by atoms with van der Waals surface area (Å²) >= 11 is 0. The summed E-state index contributed by atoms with van der Waals surface area (Å²) in [5, 5.41) is 3.51. The van der Waals surface area contributed by atoms with Crippen LogP contribution in [0.15, 0.2) is 6.07 Å². The van der Waals surface area contributed by atoms with Gasteiger partial charge in [-0.2, -0.15) is 0 Å². The van der Waals surface area contributed by atoms with Gasteiger partial charge in [-0.05, 0) is 39.0 Å². The number of hydrogen-bond donors (Lipinski definition) is 1. The van der Waals surface area contributed by atoms with Crippen LogP contribution in [0.3, 0.4) is 0 Å². The largest absolute Gasteiger partial charge is 0.367 e. The lowest BCUT2D eigenvalue weighted by atomic mass is 9.80. The fraction of sp³-hybridized carbons (Fsp3) is 0.692. The van der Waals surface area contributed by atoms with Crippen LogP contribution in [-0.4, -0.2) is 16.0 Å². The Morgan fingerprint density at radius 3 is 2.75 bits per heavy atom. The lowest BCUT2D eigenvalue weighted by Gasteiger charge is -2.32. The molecule has 1 aliphatic rings. The van der Waals surface area contributed by atoms with E-state index in [1.165, 1.54) is 19.3 Å². The number of nitrogens with zero attached hydrogens (tertiary/aromatic N) is 2. The summed E-state index contributed by atoms with van der Waals surface area (Å²) in [5.74, 6) is 2.69. The van der Waals surface area contributed by atoms with Crippen LogP contribution in [0.5, 0.6) is 0 Å². The van der Waals surface area contributed by atoms with Gasteiger partial charge in [0, 0.05) is 17.8 Å². The number of aromatic nitrogens is 2. The summed E-state index contributed by atoms with van der Waals surface area (Å²) in [6, 6.07) is 2.61. The molecule has 0 saturated heterocycles. The average Bonchev–Trinajstić information content (AvgIpc) is 2.13. The third-order valence-corrected chi connectivity index (χ3v) is 3.49. The molecule has 3 nitrogen and oxygen atoms in total. The van der Waals surface area contributed by atoms with E-state index in [4.69, 9.17) is 0 Å². The quantitative estimate of drug-likeness (QED) is 0.846. The van der Waals surface area contributed by atoms with E-state index in [1.807, 2.05) is 6.92 Å². The van der Waals surface area contributed by atoms with Crippen molar-refractivity contribution in [3.05, 3.63) is 17.6 Å². The van der Waals surface area contributed by atoms with Gasteiger partial charge in [0.05, 0.1) is 0 Å². The molecule has 1 aromatic heterocycles. The maximum absolute atomic E-state index is 4.44. The van der Waals surface area contributed by atoms with Gasteiger partial charge in [-0.25, -0.2) is 9.97 Å². The Bertz CT molecular complexity index is 358. The smallest absolute Gasteiger partial charge is 0.130 e. The highest BCUT2D eigenvalue weighted by atomic mass is 15.0. The molecule has 0 amide bonds. The average molecular weight is 219 g/mol. The van der Waals surface area contributed by atoms with Crippen LogP contribution in [0, 0.1) is 12.8 Å². The maximum atomic E-state index is 4.44. The number of hydrogen-bond acceptors (Lipinski definition) is 3. The molecule has 1 aromatic rings. The van der Waals surface area contributed by atoms with E-state index in [0.29, 0.717) is 6.04 Å².